The monoisotopic (exact) mass is 282 g/mol. The summed E-state index contributed by atoms with van der Waals surface area (Å²) in [6, 6.07) is 2.84. The molecular weight excluding hydrogens is 263 g/mol. The molecule has 1 fully saturated rings. The van der Waals surface area contributed by atoms with E-state index in [-0.39, 0.29) is 24.8 Å². The average Bonchev–Trinajstić information content (AvgIpc) is 2.41. The molecule has 6 heteroatoms. The fourth-order valence-electron chi connectivity index (χ4n) is 2.44. The molecule has 0 aromatic heterocycles. The summed E-state index contributed by atoms with van der Waals surface area (Å²) in [5.41, 5.74) is 6.34. The summed E-state index contributed by atoms with van der Waals surface area (Å²) in [5, 5.41) is 9.16. The van der Waals surface area contributed by atoms with Gasteiger partial charge in [0.05, 0.1) is 24.4 Å². The fraction of sp³-hybridized carbons (Fsp3) is 0.500. The van der Waals surface area contributed by atoms with Gasteiger partial charge in [-0.15, -0.1) is 0 Å². The average molecular weight is 282 g/mol. The van der Waals surface area contributed by atoms with Crippen molar-refractivity contribution in [3.63, 3.8) is 0 Å². The fourth-order valence-corrected chi connectivity index (χ4v) is 2.44. The van der Waals surface area contributed by atoms with Gasteiger partial charge in [-0.1, -0.05) is 0 Å². The van der Waals surface area contributed by atoms with Crippen LogP contribution in [0.3, 0.4) is 0 Å². The summed E-state index contributed by atoms with van der Waals surface area (Å²) in [6.45, 7) is 3.81. The zero-order valence-corrected chi connectivity index (χ0v) is 11.6. The summed E-state index contributed by atoms with van der Waals surface area (Å²) in [5.74, 6) is -0.976. The van der Waals surface area contributed by atoms with E-state index >= 15 is 0 Å². The van der Waals surface area contributed by atoms with Crippen molar-refractivity contribution in [3.05, 3.63) is 29.1 Å². The highest BCUT2D eigenvalue weighted by Gasteiger charge is 2.30. The van der Waals surface area contributed by atoms with Crippen molar-refractivity contribution < 1.29 is 19.0 Å². The molecule has 1 aliphatic rings. The molecular formula is C14H19FN2O3. The van der Waals surface area contributed by atoms with E-state index in [1.165, 1.54) is 17.0 Å². The van der Waals surface area contributed by atoms with Crippen molar-refractivity contribution in [1.82, 2.24) is 4.90 Å². The van der Waals surface area contributed by atoms with E-state index in [1.807, 2.05) is 6.92 Å². The lowest BCUT2D eigenvalue weighted by Crippen LogP contribution is -2.50. The molecule has 0 saturated carbocycles. The Morgan fingerprint density at radius 2 is 2.25 bits per heavy atom. The van der Waals surface area contributed by atoms with Crippen LogP contribution >= 0.6 is 0 Å². The number of aliphatic hydroxyl groups excluding tert-OH is 1. The minimum Gasteiger partial charge on any atom is -0.399 e. The lowest BCUT2D eigenvalue weighted by atomic mass is 10.1. The van der Waals surface area contributed by atoms with Gasteiger partial charge in [-0.25, -0.2) is 4.39 Å². The molecule has 0 radical (unpaired) electrons. The molecule has 0 spiro atoms. The van der Waals surface area contributed by atoms with Crippen molar-refractivity contribution in [2.75, 3.05) is 25.4 Å². The highest BCUT2D eigenvalue weighted by Crippen LogP contribution is 2.21. The molecule has 1 amide bonds. The lowest BCUT2D eigenvalue weighted by Gasteiger charge is -2.36. The molecule has 0 aliphatic carbocycles. The molecule has 2 rings (SSSR count). The van der Waals surface area contributed by atoms with Gasteiger partial charge in [-0.05, 0) is 31.5 Å². The SMILES string of the molecule is Cc1cc(N)cc(C(=O)N2CC(C)OC(CO)C2)c1F. The number of ether oxygens (including phenoxy) is 1. The van der Waals surface area contributed by atoms with Crippen LogP contribution in [0, 0.1) is 12.7 Å². The van der Waals surface area contributed by atoms with Crippen molar-refractivity contribution in [2.24, 2.45) is 0 Å². The third-order valence-corrected chi connectivity index (χ3v) is 3.32. The third kappa shape index (κ3) is 2.91. The first-order valence-corrected chi connectivity index (χ1v) is 6.53. The van der Waals surface area contributed by atoms with E-state index in [9.17, 15) is 9.18 Å². The van der Waals surface area contributed by atoms with E-state index in [1.54, 1.807) is 6.92 Å². The molecule has 5 nitrogen and oxygen atoms in total. The topological polar surface area (TPSA) is 75.8 Å². The molecule has 1 heterocycles. The molecule has 2 atom stereocenters. The normalized spacial score (nSPS) is 22.9. The third-order valence-electron chi connectivity index (χ3n) is 3.32. The number of nitrogens with two attached hydrogens (primary N) is 1. The van der Waals surface area contributed by atoms with Crippen LogP contribution in [-0.4, -0.2) is 47.8 Å². The van der Waals surface area contributed by atoms with Crippen LogP contribution in [0.25, 0.3) is 0 Å². The summed E-state index contributed by atoms with van der Waals surface area (Å²) in [7, 11) is 0. The number of anilines is 1. The van der Waals surface area contributed by atoms with Gasteiger partial charge in [0, 0.05) is 18.8 Å². The van der Waals surface area contributed by atoms with Gasteiger partial charge in [-0.2, -0.15) is 0 Å². The van der Waals surface area contributed by atoms with Crippen LogP contribution < -0.4 is 5.73 Å². The smallest absolute Gasteiger partial charge is 0.257 e. The molecule has 2 unspecified atom stereocenters. The number of halogens is 1. The number of benzene rings is 1. The largest absolute Gasteiger partial charge is 0.399 e. The van der Waals surface area contributed by atoms with E-state index in [2.05, 4.69) is 0 Å². The van der Waals surface area contributed by atoms with Crippen LogP contribution in [0.15, 0.2) is 12.1 Å². The van der Waals surface area contributed by atoms with Crippen LogP contribution in [0.1, 0.15) is 22.8 Å². The number of morpholine rings is 1. The Labute approximate surface area is 117 Å². The Morgan fingerprint density at radius 3 is 2.90 bits per heavy atom. The van der Waals surface area contributed by atoms with Gasteiger partial charge in [0.25, 0.3) is 5.91 Å². The highest BCUT2D eigenvalue weighted by molar-refractivity contribution is 5.95. The summed E-state index contributed by atoms with van der Waals surface area (Å²) < 4.78 is 19.5. The first-order valence-electron chi connectivity index (χ1n) is 6.53. The molecule has 1 aliphatic heterocycles. The Bertz CT molecular complexity index is 521. The molecule has 1 saturated heterocycles. The van der Waals surface area contributed by atoms with Crippen molar-refractivity contribution in [2.45, 2.75) is 26.1 Å². The van der Waals surface area contributed by atoms with E-state index in [0.717, 1.165) is 0 Å². The zero-order chi connectivity index (χ0) is 14.9. The molecule has 110 valence electrons. The van der Waals surface area contributed by atoms with Crippen molar-refractivity contribution in [3.8, 4) is 0 Å². The maximum Gasteiger partial charge on any atom is 0.257 e. The highest BCUT2D eigenvalue weighted by atomic mass is 19.1. The standard InChI is InChI=1S/C14H19FN2O3/c1-8-3-10(16)4-12(13(8)15)14(19)17-5-9(2)20-11(6-17)7-18/h3-4,9,11,18H,5-7,16H2,1-2H3. The number of amides is 1. The van der Waals surface area contributed by atoms with Gasteiger partial charge in [0.15, 0.2) is 0 Å². The van der Waals surface area contributed by atoms with Gasteiger partial charge in [0.1, 0.15) is 5.82 Å². The van der Waals surface area contributed by atoms with Gasteiger partial charge in [0.2, 0.25) is 0 Å². The minimum absolute atomic E-state index is 0.0340. The molecule has 20 heavy (non-hydrogen) atoms. The Kier molecular flexibility index (Phi) is 4.25. The minimum atomic E-state index is -0.552. The quantitative estimate of drug-likeness (QED) is 0.792. The molecule has 1 aromatic rings. The zero-order valence-electron chi connectivity index (χ0n) is 11.6. The number of carbonyl (C=O) groups excluding carboxylic acids is 1. The first-order chi connectivity index (χ1) is 9.42. The Morgan fingerprint density at radius 1 is 1.55 bits per heavy atom. The summed E-state index contributed by atoms with van der Waals surface area (Å²) in [4.78, 5) is 13.9. The number of nitrogen functional groups attached to an aromatic ring is 1. The molecule has 0 bridgehead atoms. The second-order valence-electron chi connectivity index (χ2n) is 5.16. The maximum atomic E-state index is 14.1. The number of aryl methyl sites for hydroxylation is 1. The van der Waals surface area contributed by atoms with Crippen molar-refractivity contribution >= 4 is 11.6 Å². The number of nitrogens with zero attached hydrogens (tertiary/aromatic N) is 1. The first kappa shape index (κ1) is 14.7. The molecule has 3 N–H and O–H groups in total. The number of aliphatic hydroxyl groups is 1. The number of carbonyl (C=O) groups is 1. The van der Waals surface area contributed by atoms with Crippen LogP contribution in [0.2, 0.25) is 0 Å². The number of hydrogen-bond donors (Lipinski definition) is 2. The maximum absolute atomic E-state index is 14.1. The van der Waals surface area contributed by atoms with Gasteiger partial charge >= 0.3 is 0 Å². The van der Waals surface area contributed by atoms with Crippen molar-refractivity contribution in [1.29, 1.82) is 0 Å². The summed E-state index contributed by atoms with van der Waals surface area (Å²) in [6.07, 6.45) is -0.636. The van der Waals surface area contributed by atoms with Crippen LogP contribution in [-0.2, 0) is 4.74 Å². The van der Waals surface area contributed by atoms with E-state index in [0.29, 0.717) is 17.8 Å². The lowest BCUT2D eigenvalue weighted by molar-refractivity contribution is -0.0859. The van der Waals surface area contributed by atoms with Crippen LogP contribution in [0.4, 0.5) is 10.1 Å². The van der Waals surface area contributed by atoms with E-state index in [4.69, 9.17) is 15.6 Å². The Hall–Kier alpha value is -1.66. The second kappa shape index (κ2) is 5.76. The van der Waals surface area contributed by atoms with Gasteiger partial charge < -0.3 is 20.5 Å². The predicted molar refractivity (Wildman–Crippen MR) is 72.9 cm³/mol. The summed E-state index contributed by atoms with van der Waals surface area (Å²) >= 11 is 0. The van der Waals surface area contributed by atoms with E-state index < -0.39 is 17.8 Å². The predicted octanol–water partition coefficient (Wildman–Crippen LogP) is 0.938. The number of hydrogen-bond acceptors (Lipinski definition) is 4. The van der Waals surface area contributed by atoms with Gasteiger partial charge in [-0.3, -0.25) is 4.79 Å². The molecule has 1 aromatic carbocycles. The second-order valence-corrected chi connectivity index (χ2v) is 5.16. The van der Waals surface area contributed by atoms with Crippen LogP contribution in [0.5, 0.6) is 0 Å². The number of rotatable bonds is 2. The Balaban J connectivity index is 2.27.